The van der Waals surface area contributed by atoms with E-state index < -0.39 is 10.0 Å². The predicted octanol–water partition coefficient (Wildman–Crippen LogP) is 4.65. The van der Waals surface area contributed by atoms with Gasteiger partial charge >= 0.3 is 0 Å². The lowest BCUT2D eigenvalue weighted by atomic mass is 10.2. The van der Waals surface area contributed by atoms with E-state index >= 15 is 0 Å². The Kier molecular flexibility index (Phi) is 4.99. The van der Waals surface area contributed by atoms with Crippen LogP contribution in [0.15, 0.2) is 58.8 Å². The Bertz CT molecular complexity index is 1020. The summed E-state index contributed by atoms with van der Waals surface area (Å²) in [5.74, 6) is 0. The summed E-state index contributed by atoms with van der Waals surface area (Å²) < 4.78 is 26.8. The third-order valence-corrected chi connectivity index (χ3v) is 7.33. The van der Waals surface area contributed by atoms with Gasteiger partial charge in [0.05, 0.1) is 10.6 Å². The summed E-state index contributed by atoms with van der Waals surface area (Å²) in [6.07, 6.45) is 1.87. The summed E-state index contributed by atoms with van der Waals surface area (Å²) >= 11 is 1.52. The Balaban J connectivity index is 1.51. The maximum atomic E-state index is 12.6. The Morgan fingerprint density at radius 3 is 2.33 bits per heavy atom. The fourth-order valence-electron chi connectivity index (χ4n) is 3.10. The van der Waals surface area contributed by atoms with Crippen LogP contribution in [0.4, 0.5) is 10.8 Å². The lowest BCUT2D eigenvalue weighted by molar-refractivity contribution is 0.477. The minimum Gasteiger partial charge on any atom is -0.332 e. The van der Waals surface area contributed by atoms with Crippen molar-refractivity contribution in [2.24, 2.45) is 0 Å². The first kappa shape index (κ1) is 18.2. The normalized spacial score (nSPS) is 15.1. The van der Waals surface area contributed by atoms with E-state index in [9.17, 15) is 8.42 Å². The Morgan fingerprint density at radius 1 is 1.00 bits per heavy atom. The maximum Gasteiger partial charge on any atom is 0.243 e. The molecule has 27 heavy (non-hydrogen) atoms. The smallest absolute Gasteiger partial charge is 0.243 e. The minimum absolute atomic E-state index is 0.349. The van der Waals surface area contributed by atoms with Gasteiger partial charge in [-0.3, -0.25) is 0 Å². The molecule has 5 nitrogen and oxygen atoms in total. The average molecular weight is 400 g/mol. The van der Waals surface area contributed by atoms with Gasteiger partial charge in [-0.1, -0.05) is 29.8 Å². The van der Waals surface area contributed by atoms with Crippen LogP contribution in [0.25, 0.3) is 11.3 Å². The minimum atomic E-state index is -3.37. The van der Waals surface area contributed by atoms with Crippen LogP contribution in [-0.4, -0.2) is 30.8 Å². The Hall–Kier alpha value is -2.22. The molecular weight excluding hydrogens is 378 g/mol. The molecule has 3 aromatic rings. The highest BCUT2D eigenvalue weighted by Gasteiger charge is 2.26. The zero-order chi connectivity index (χ0) is 18.9. The highest BCUT2D eigenvalue weighted by molar-refractivity contribution is 7.89. The monoisotopic (exact) mass is 399 g/mol. The summed E-state index contributed by atoms with van der Waals surface area (Å²) in [6, 6.07) is 15.2. The molecule has 0 spiro atoms. The van der Waals surface area contributed by atoms with Crippen LogP contribution < -0.4 is 5.32 Å². The molecule has 140 valence electrons. The van der Waals surface area contributed by atoms with Crippen LogP contribution in [0.3, 0.4) is 0 Å². The van der Waals surface area contributed by atoms with E-state index in [1.165, 1.54) is 16.9 Å². The summed E-state index contributed by atoms with van der Waals surface area (Å²) in [6.45, 7) is 3.29. The first-order valence-corrected chi connectivity index (χ1v) is 11.2. The summed E-state index contributed by atoms with van der Waals surface area (Å²) in [4.78, 5) is 4.96. The first-order chi connectivity index (χ1) is 13.0. The van der Waals surface area contributed by atoms with Crippen LogP contribution in [0.5, 0.6) is 0 Å². The van der Waals surface area contributed by atoms with Gasteiger partial charge in [0.1, 0.15) is 0 Å². The van der Waals surface area contributed by atoms with Crippen molar-refractivity contribution in [3.8, 4) is 11.3 Å². The molecule has 1 saturated heterocycles. The fraction of sp³-hybridized carbons (Fsp3) is 0.250. The number of hydrogen-bond acceptors (Lipinski definition) is 5. The second-order valence-electron chi connectivity index (χ2n) is 6.66. The van der Waals surface area contributed by atoms with Gasteiger partial charge in [0.15, 0.2) is 5.13 Å². The third kappa shape index (κ3) is 3.90. The number of benzene rings is 2. The van der Waals surface area contributed by atoms with Gasteiger partial charge in [0.2, 0.25) is 10.0 Å². The second kappa shape index (κ2) is 7.42. The Labute approximate surface area is 163 Å². The lowest BCUT2D eigenvalue weighted by Crippen LogP contribution is -2.27. The quantitative estimate of drug-likeness (QED) is 0.678. The number of aromatic nitrogens is 1. The molecule has 7 heteroatoms. The maximum absolute atomic E-state index is 12.6. The van der Waals surface area contributed by atoms with E-state index in [-0.39, 0.29) is 0 Å². The van der Waals surface area contributed by atoms with Crippen molar-refractivity contribution in [3.63, 3.8) is 0 Å². The molecule has 1 fully saturated rings. The molecule has 0 unspecified atom stereocenters. The molecule has 1 N–H and O–H groups in total. The number of nitrogens with zero attached hydrogens (tertiary/aromatic N) is 2. The second-order valence-corrected chi connectivity index (χ2v) is 9.46. The molecular formula is C20H21N3O2S2. The average Bonchev–Trinajstić information content (AvgIpc) is 3.36. The number of anilines is 2. The SMILES string of the molecule is Cc1ccc(Nc2nc(-c3ccc(S(=O)(=O)N4CCCC4)cc3)cs2)cc1. The molecule has 4 rings (SSSR count). The van der Waals surface area contributed by atoms with Crippen LogP contribution in [0.2, 0.25) is 0 Å². The van der Waals surface area contributed by atoms with Crippen LogP contribution >= 0.6 is 11.3 Å². The van der Waals surface area contributed by atoms with E-state index in [2.05, 4.69) is 29.4 Å². The number of hydrogen-bond donors (Lipinski definition) is 1. The van der Waals surface area contributed by atoms with E-state index in [0.29, 0.717) is 18.0 Å². The molecule has 0 bridgehead atoms. The van der Waals surface area contributed by atoms with E-state index in [4.69, 9.17) is 0 Å². The zero-order valence-electron chi connectivity index (χ0n) is 15.1. The molecule has 2 heterocycles. The number of thiazole rings is 1. The molecule has 0 aliphatic carbocycles. The number of sulfonamides is 1. The fourth-order valence-corrected chi connectivity index (χ4v) is 5.36. The highest BCUT2D eigenvalue weighted by atomic mass is 32.2. The van der Waals surface area contributed by atoms with Crippen molar-refractivity contribution in [2.75, 3.05) is 18.4 Å². The molecule has 0 saturated carbocycles. The van der Waals surface area contributed by atoms with Gasteiger partial charge in [-0.2, -0.15) is 4.31 Å². The molecule has 0 radical (unpaired) electrons. The van der Waals surface area contributed by atoms with Gasteiger partial charge in [0, 0.05) is 29.7 Å². The van der Waals surface area contributed by atoms with Gasteiger partial charge < -0.3 is 5.32 Å². The first-order valence-electron chi connectivity index (χ1n) is 8.92. The van der Waals surface area contributed by atoms with Gasteiger partial charge in [0.25, 0.3) is 0 Å². The van der Waals surface area contributed by atoms with Crippen molar-refractivity contribution in [2.45, 2.75) is 24.7 Å². The van der Waals surface area contributed by atoms with Crippen molar-refractivity contribution in [1.29, 1.82) is 0 Å². The van der Waals surface area contributed by atoms with Crippen LogP contribution in [0, 0.1) is 6.92 Å². The molecule has 2 aromatic carbocycles. The van der Waals surface area contributed by atoms with Crippen molar-refractivity contribution in [3.05, 3.63) is 59.5 Å². The number of aryl methyl sites for hydroxylation is 1. The van der Waals surface area contributed by atoms with Crippen molar-refractivity contribution >= 4 is 32.2 Å². The number of rotatable bonds is 5. The zero-order valence-corrected chi connectivity index (χ0v) is 16.7. The molecule has 1 aliphatic heterocycles. The molecule has 0 amide bonds. The van der Waals surface area contributed by atoms with Gasteiger partial charge in [-0.25, -0.2) is 13.4 Å². The van der Waals surface area contributed by atoms with Crippen LogP contribution in [0.1, 0.15) is 18.4 Å². The van der Waals surface area contributed by atoms with E-state index in [1.807, 2.05) is 29.6 Å². The van der Waals surface area contributed by atoms with E-state index in [0.717, 1.165) is 34.9 Å². The molecule has 1 aliphatic rings. The highest BCUT2D eigenvalue weighted by Crippen LogP contribution is 2.29. The summed E-state index contributed by atoms with van der Waals surface area (Å²) in [5, 5.41) is 6.08. The Morgan fingerprint density at radius 2 is 1.67 bits per heavy atom. The van der Waals surface area contributed by atoms with E-state index in [1.54, 1.807) is 16.4 Å². The van der Waals surface area contributed by atoms with Crippen LogP contribution in [-0.2, 0) is 10.0 Å². The van der Waals surface area contributed by atoms with Gasteiger partial charge in [-0.15, -0.1) is 11.3 Å². The topological polar surface area (TPSA) is 62.3 Å². The van der Waals surface area contributed by atoms with Crippen molar-refractivity contribution in [1.82, 2.24) is 9.29 Å². The lowest BCUT2D eigenvalue weighted by Gasteiger charge is -2.15. The van der Waals surface area contributed by atoms with Gasteiger partial charge in [-0.05, 0) is 44.0 Å². The summed E-state index contributed by atoms with van der Waals surface area (Å²) in [7, 11) is -3.37. The molecule has 1 aromatic heterocycles. The molecule has 0 atom stereocenters. The third-order valence-electron chi connectivity index (χ3n) is 4.66. The standard InChI is InChI=1S/C20H21N3O2S2/c1-15-4-8-17(9-5-15)21-20-22-19(14-26-20)16-6-10-18(11-7-16)27(24,25)23-12-2-3-13-23/h4-11,14H,2-3,12-13H2,1H3,(H,21,22). The largest absolute Gasteiger partial charge is 0.332 e. The summed E-state index contributed by atoms with van der Waals surface area (Å²) in [5.41, 5.74) is 3.95. The van der Waals surface area contributed by atoms with Crippen molar-refractivity contribution < 1.29 is 8.42 Å². The predicted molar refractivity (Wildman–Crippen MR) is 110 cm³/mol. The number of nitrogens with one attached hydrogen (secondary N) is 1.